The first-order valence-electron chi connectivity index (χ1n) is 8.42. The first-order chi connectivity index (χ1) is 11.6. The summed E-state index contributed by atoms with van der Waals surface area (Å²) >= 11 is 1.79. The summed E-state index contributed by atoms with van der Waals surface area (Å²) in [7, 11) is 0. The van der Waals surface area contributed by atoms with Crippen LogP contribution in [0.5, 0.6) is 5.75 Å². The average molecular weight is 346 g/mol. The number of rotatable bonds is 10. The Kier molecular flexibility index (Phi) is 7.50. The summed E-state index contributed by atoms with van der Waals surface area (Å²) in [5.74, 6) is 0.930. The number of aliphatic hydroxyl groups is 1. The van der Waals surface area contributed by atoms with Crippen molar-refractivity contribution in [1.82, 2.24) is 0 Å². The fourth-order valence-corrected chi connectivity index (χ4v) is 3.16. The number of aryl methyl sites for hydroxylation is 1. The largest absolute Gasteiger partial charge is 0.494 e. The first-order valence-corrected chi connectivity index (χ1v) is 9.23. The molecule has 1 aromatic carbocycles. The number of benzene rings is 1. The van der Waals surface area contributed by atoms with Gasteiger partial charge in [-0.1, -0.05) is 24.3 Å². The van der Waals surface area contributed by atoms with Gasteiger partial charge in [-0.05, 0) is 62.9 Å². The number of allylic oxidation sites excluding steroid dienone is 1. The van der Waals surface area contributed by atoms with E-state index in [0.29, 0.717) is 0 Å². The molecule has 0 aliphatic heterocycles. The van der Waals surface area contributed by atoms with Crippen molar-refractivity contribution in [2.45, 2.75) is 38.1 Å². The van der Waals surface area contributed by atoms with Gasteiger partial charge in [0.2, 0.25) is 0 Å². The molecule has 0 fully saturated rings. The first kappa shape index (κ1) is 18.7. The number of unbranched alkanes of at least 4 members (excludes halogenated alkanes) is 1. The summed E-state index contributed by atoms with van der Waals surface area (Å²) in [6, 6.07) is 14.2. The van der Waals surface area contributed by atoms with Crippen molar-refractivity contribution in [2.75, 3.05) is 13.2 Å². The van der Waals surface area contributed by atoms with E-state index < -0.39 is 5.54 Å². The highest BCUT2D eigenvalue weighted by molar-refractivity contribution is 7.12. The minimum Gasteiger partial charge on any atom is -0.494 e. The second kappa shape index (κ2) is 9.62. The van der Waals surface area contributed by atoms with E-state index in [0.717, 1.165) is 38.0 Å². The summed E-state index contributed by atoms with van der Waals surface area (Å²) < 4.78 is 5.67. The van der Waals surface area contributed by atoms with Crippen LogP contribution in [-0.2, 0) is 6.42 Å². The second-order valence-corrected chi connectivity index (χ2v) is 7.52. The van der Waals surface area contributed by atoms with E-state index in [9.17, 15) is 5.11 Å². The number of aliphatic hydroxyl groups excluding tert-OH is 1. The second-order valence-electron chi connectivity index (χ2n) is 6.32. The molecule has 0 saturated heterocycles. The zero-order chi connectivity index (χ0) is 17.3. The maximum Gasteiger partial charge on any atom is 0.119 e. The van der Waals surface area contributed by atoms with Crippen LogP contribution < -0.4 is 10.5 Å². The molecule has 0 radical (unpaired) electrons. The van der Waals surface area contributed by atoms with Crippen LogP contribution in [0.4, 0.5) is 0 Å². The Labute approximate surface area is 148 Å². The van der Waals surface area contributed by atoms with Gasteiger partial charge in [0.15, 0.2) is 0 Å². The van der Waals surface area contributed by atoms with Crippen LogP contribution in [0.25, 0.3) is 6.08 Å². The molecule has 0 amide bonds. The van der Waals surface area contributed by atoms with Gasteiger partial charge in [-0.3, -0.25) is 0 Å². The van der Waals surface area contributed by atoms with Crippen molar-refractivity contribution >= 4 is 17.4 Å². The Hall–Kier alpha value is -1.62. The molecule has 1 unspecified atom stereocenters. The van der Waals surface area contributed by atoms with Crippen molar-refractivity contribution in [2.24, 2.45) is 5.73 Å². The van der Waals surface area contributed by atoms with Crippen molar-refractivity contribution < 1.29 is 9.84 Å². The number of hydrogen-bond donors (Lipinski definition) is 2. The number of nitrogens with two attached hydrogens (primary N) is 1. The lowest BCUT2D eigenvalue weighted by Gasteiger charge is -2.20. The Morgan fingerprint density at radius 2 is 2.00 bits per heavy atom. The molecule has 2 rings (SSSR count). The summed E-state index contributed by atoms with van der Waals surface area (Å²) in [5, 5.41) is 9.19. The fourth-order valence-electron chi connectivity index (χ4n) is 2.21. The maximum atomic E-state index is 9.19. The van der Waals surface area contributed by atoms with Crippen molar-refractivity contribution in [3.05, 3.63) is 58.3 Å². The van der Waals surface area contributed by atoms with E-state index in [-0.39, 0.29) is 6.61 Å². The molecule has 0 aliphatic carbocycles. The van der Waals surface area contributed by atoms with Crippen LogP contribution in [0.15, 0.2) is 48.5 Å². The summed E-state index contributed by atoms with van der Waals surface area (Å²) in [4.78, 5) is 2.57. The smallest absolute Gasteiger partial charge is 0.119 e. The maximum absolute atomic E-state index is 9.19. The topological polar surface area (TPSA) is 55.5 Å². The van der Waals surface area contributed by atoms with Crippen LogP contribution in [0, 0.1) is 0 Å². The third kappa shape index (κ3) is 6.87. The monoisotopic (exact) mass is 345 g/mol. The predicted molar refractivity (Wildman–Crippen MR) is 103 cm³/mol. The number of ether oxygens (including phenoxy) is 1. The van der Waals surface area contributed by atoms with Gasteiger partial charge >= 0.3 is 0 Å². The highest BCUT2D eigenvalue weighted by Crippen LogP contribution is 2.21. The standard InChI is InChI=1S/C20H27NO2S/c1-20(21,16-22)14-13-19-12-11-18(24-19)10-6-3-7-15-23-17-8-4-2-5-9-17/h2,4-6,8-12,22H,3,7,13-16,21H2,1H3/b10-6+. The Morgan fingerprint density at radius 3 is 2.75 bits per heavy atom. The Balaban J connectivity index is 1.65. The third-order valence-corrected chi connectivity index (χ3v) is 4.91. The van der Waals surface area contributed by atoms with Crippen LogP contribution in [0.1, 0.15) is 35.9 Å². The number of thiophene rings is 1. The Morgan fingerprint density at radius 1 is 1.21 bits per heavy atom. The van der Waals surface area contributed by atoms with E-state index >= 15 is 0 Å². The zero-order valence-corrected chi connectivity index (χ0v) is 15.1. The molecular formula is C20H27NO2S. The van der Waals surface area contributed by atoms with E-state index in [1.807, 2.05) is 37.3 Å². The normalized spacial score (nSPS) is 14.0. The molecule has 2 aromatic rings. The molecule has 1 heterocycles. The van der Waals surface area contributed by atoms with Gasteiger partial charge in [-0.15, -0.1) is 11.3 Å². The van der Waals surface area contributed by atoms with Crippen molar-refractivity contribution in [1.29, 1.82) is 0 Å². The molecule has 0 bridgehead atoms. The van der Waals surface area contributed by atoms with E-state index in [1.165, 1.54) is 9.75 Å². The average Bonchev–Trinajstić information content (AvgIpc) is 3.05. The van der Waals surface area contributed by atoms with Crippen LogP contribution in [-0.4, -0.2) is 23.9 Å². The molecule has 3 nitrogen and oxygen atoms in total. The van der Waals surface area contributed by atoms with Gasteiger partial charge in [0.1, 0.15) is 5.75 Å². The van der Waals surface area contributed by atoms with Crippen LogP contribution >= 0.6 is 11.3 Å². The molecule has 0 aliphatic rings. The summed E-state index contributed by atoms with van der Waals surface area (Å²) in [6.07, 6.45) is 8.09. The lowest BCUT2D eigenvalue weighted by Crippen LogP contribution is -2.40. The third-order valence-electron chi connectivity index (χ3n) is 3.80. The molecular weight excluding hydrogens is 318 g/mol. The van der Waals surface area contributed by atoms with Gasteiger partial charge in [-0.2, -0.15) is 0 Å². The highest BCUT2D eigenvalue weighted by atomic mass is 32.1. The zero-order valence-electron chi connectivity index (χ0n) is 14.3. The molecule has 0 saturated carbocycles. The molecule has 130 valence electrons. The summed E-state index contributed by atoms with van der Waals surface area (Å²) in [6.45, 7) is 2.65. The quantitative estimate of drug-likeness (QED) is 0.633. The number of hydrogen-bond acceptors (Lipinski definition) is 4. The molecule has 0 spiro atoms. The van der Waals surface area contributed by atoms with Crippen LogP contribution in [0.2, 0.25) is 0 Å². The van der Waals surface area contributed by atoms with E-state index in [4.69, 9.17) is 10.5 Å². The fraction of sp³-hybridized carbons (Fsp3) is 0.400. The molecule has 1 atom stereocenters. The molecule has 4 heteroatoms. The van der Waals surface area contributed by atoms with Gasteiger partial charge in [0, 0.05) is 15.3 Å². The molecule has 3 N–H and O–H groups in total. The van der Waals surface area contributed by atoms with Gasteiger partial charge in [-0.25, -0.2) is 0 Å². The lowest BCUT2D eigenvalue weighted by molar-refractivity contribution is 0.201. The highest BCUT2D eigenvalue weighted by Gasteiger charge is 2.16. The van der Waals surface area contributed by atoms with Gasteiger partial charge < -0.3 is 15.6 Å². The summed E-state index contributed by atoms with van der Waals surface area (Å²) in [5.41, 5.74) is 5.48. The van der Waals surface area contributed by atoms with E-state index in [1.54, 1.807) is 11.3 Å². The van der Waals surface area contributed by atoms with Gasteiger partial charge in [0.25, 0.3) is 0 Å². The van der Waals surface area contributed by atoms with Crippen molar-refractivity contribution in [3.8, 4) is 5.75 Å². The molecule has 1 aromatic heterocycles. The van der Waals surface area contributed by atoms with Crippen LogP contribution in [0.3, 0.4) is 0 Å². The van der Waals surface area contributed by atoms with Gasteiger partial charge in [0.05, 0.1) is 13.2 Å². The lowest BCUT2D eigenvalue weighted by atomic mass is 9.98. The SMILES string of the molecule is CC(N)(CO)CCc1ccc(/C=C/CCCOc2ccccc2)s1. The predicted octanol–water partition coefficient (Wildman–Crippen LogP) is 4.26. The Bertz CT molecular complexity index is 620. The molecule has 24 heavy (non-hydrogen) atoms. The van der Waals surface area contributed by atoms with Crippen molar-refractivity contribution in [3.63, 3.8) is 0 Å². The minimum absolute atomic E-state index is 0.0240. The minimum atomic E-state index is -0.487. The number of para-hydroxylation sites is 1. The van der Waals surface area contributed by atoms with E-state index in [2.05, 4.69) is 24.3 Å².